The van der Waals surface area contributed by atoms with Gasteiger partial charge in [-0.2, -0.15) is 0 Å². The zero-order valence-corrected chi connectivity index (χ0v) is 14.5. The van der Waals surface area contributed by atoms with Crippen LogP contribution in [0.3, 0.4) is 0 Å². The molecule has 1 atom stereocenters. The number of para-hydroxylation sites is 1. The van der Waals surface area contributed by atoms with Crippen LogP contribution in [0.4, 0.5) is 5.69 Å². The van der Waals surface area contributed by atoms with Crippen molar-refractivity contribution in [2.24, 2.45) is 5.92 Å². The lowest BCUT2D eigenvalue weighted by Crippen LogP contribution is -2.17. The smallest absolute Gasteiger partial charge is 0.293 e. The molecule has 23 heavy (non-hydrogen) atoms. The van der Waals surface area contributed by atoms with Gasteiger partial charge in [-0.1, -0.05) is 50.3 Å². The lowest BCUT2D eigenvalue weighted by molar-refractivity contribution is -0.127. The van der Waals surface area contributed by atoms with Crippen LogP contribution in [0.15, 0.2) is 54.1 Å². The van der Waals surface area contributed by atoms with Gasteiger partial charge in [0.1, 0.15) is 6.61 Å². The molecule has 0 radical (unpaired) electrons. The maximum Gasteiger partial charge on any atom is 0.293 e. The molecule has 0 aliphatic heterocycles. The van der Waals surface area contributed by atoms with Gasteiger partial charge in [0.2, 0.25) is 0 Å². The number of benzene rings is 1. The summed E-state index contributed by atoms with van der Waals surface area (Å²) < 4.78 is 4.57. The van der Waals surface area contributed by atoms with Crippen LogP contribution in [0.5, 0.6) is 0 Å². The summed E-state index contributed by atoms with van der Waals surface area (Å²) in [6.07, 6.45) is 9.55. The molecule has 1 aromatic carbocycles. The van der Waals surface area contributed by atoms with Crippen LogP contribution in [-0.4, -0.2) is 19.1 Å². The topological polar surface area (TPSA) is 38.3 Å². The van der Waals surface area contributed by atoms with E-state index in [2.05, 4.69) is 67.2 Å². The number of carbonyl (C=O) groups is 1. The monoisotopic (exact) mass is 315 g/mol. The summed E-state index contributed by atoms with van der Waals surface area (Å²) in [4.78, 5) is 9.77. The maximum atomic E-state index is 9.77. The van der Waals surface area contributed by atoms with Crippen LogP contribution < -0.4 is 5.32 Å². The third kappa shape index (κ3) is 9.56. The van der Waals surface area contributed by atoms with Crippen molar-refractivity contribution in [1.82, 2.24) is 0 Å². The summed E-state index contributed by atoms with van der Waals surface area (Å²) in [5.41, 5.74) is 2.31. The zero-order chi connectivity index (χ0) is 16.9. The fraction of sp³-hybridized carbons (Fsp3) is 0.450. The molecular weight excluding hydrogens is 286 g/mol. The van der Waals surface area contributed by atoms with Crippen molar-refractivity contribution in [3.8, 4) is 0 Å². The summed E-state index contributed by atoms with van der Waals surface area (Å²) in [5.74, 6) is 0.756. The second kappa shape index (κ2) is 11.5. The van der Waals surface area contributed by atoms with Crippen LogP contribution >= 0.6 is 0 Å². The zero-order valence-electron chi connectivity index (χ0n) is 14.5. The average molecular weight is 315 g/mol. The normalized spacial score (nSPS) is 14.3. The lowest BCUT2D eigenvalue weighted by atomic mass is 10.1. The van der Waals surface area contributed by atoms with Gasteiger partial charge in [0.15, 0.2) is 0 Å². The number of carbonyl (C=O) groups excluding carboxylic acids is 1. The number of anilines is 1. The third-order valence-electron chi connectivity index (χ3n) is 3.40. The number of ether oxygens (including phenoxy) is 1. The first-order valence-electron chi connectivity index (χ1n) is 8.34. The van der Waals surface area contributed by atoms with Gasteiger partial charge in [-0.05, 0) is 49.8 Å². The van der Waals surface area contributed by atoms with Gasteiger partial charge < -0.3 is 10.1 Å². The van der Waals surface area contributed by atoms with Gasteiger partial charge in [0.25, 0.3) is 6.47 Å². The number of rotatable bonds is 7. The standard InChI is InChI=1S/C12H19N.C8H10O2/c1-10(2)9-11(3)13-12-7-5-4-6-8-12;9-7-10-6-8-4-2-1-3-5-8/h4-8,10-11,13H,9H2,1-3H3;2,4-5,7H,1,3,6H2. The molecule has 3 heteroatoms. The highest BCUT2D eigenvalue weighted by atomic mass is 16.5. The van der Waals surface area contributed by atoms with E-state index in [4.69, 9.17) is 0 Å². The van der Waals surface area contributed by atoms with E-state index in [1.807, 2.05) is 12.1 Å². The summed E-state index contributed by atoms with van der Waals surface area (Å²) in [6, 6.07) is 10.9. The lowest BCUT2D eigenvalue weighted by Gasteiger charge is -2.16. The Morgan fingerprint density at radius 2 is 1.91 bits per heavy atom. The number of hydrogen-bond donors (Lipinski definition) is 1. The maximum absolute atomic E-state index is 9.77. The molecule has 1 unspecified atom stereocenters. The Kier molecular flexibility index (Phi) is 9.53. The highest BCUT2D eigenvalue weighted by Crippen LogP contribution is 2.12. The summed E-state index contributed by atoms with van der Waals surface area (Å²) in [5, 5.41) is 3.47. The Morgan fingerprint density at radius 1 is 1.17 bits per heavy atom. The van der Waals surface area contributed by atoms with Crippen molar-refractivity contribution in [3.63, 3.8) is 0 Å². The Balaban J connectivity index is 0.000000238. The van der Waals surface area contributed by atoms with Gasteiger partial charge in [-0.15, -0.1) is 0 Å². The van der Waals surface area contributed by atoms with Crippen molar-refractivity contribution < 1.29 is 9.53 Å². The van der Waals surface area contributed by atoms with Crippen molar-refractivity contribution in [2.45, 2.75) is 46.1 Å². The summed E-state index contributed by atoms with van der Waals surface area (Å²) in [7, 11) is 0. The molecule has 0 aromatic heterocycles. The number of allylic oxidation sites excluding steroid dienone is 2. The van der Waals surface area contributed by atoms with Crippen molar-refractivity contribution >= 4 is 12.2 Å². The first-order chi connectivity index (χ1) is 11.1. The molecule has 0 fully saturated rings. The van der Waals surface area contributed by atoms with Gasteiger partial charge in [0, 0.05) is 11.7 Å². The predicted octanol–water partition coefficient (Wildman–Crippen LogP) is 4.97. The summed E-state index contributed by atoms with van der Waals surface area (Å²) >= 11 is 0. The van der Waals surface area contributed by atoms with E-state index in [0.29, 0.717) is 19.1 Å². The highest BCUT2D eigenvalue weighted by Gasteiger charge is 2.03. The first-order valence-corrected chi connectivity index (χ1v) is 8.34. The Labute approximate surface area is 140 Å². The first kappa shape index (κ1) is 19.0. The van der Waals surface area contributed by atoms with Crippen LogP contribution in [0.25, 0.3) is 0 Å². The molecule has 2 rings (SSSR count). The Hall–Kier alpha value is -2.03. The fourth-order valence-corrected chi connectivity index (χ4v) is 2.49. The molecule has 0 saturated carbocycles. The number of hydrogen-bond acceptors (Lipinski definition) is 3. The van der Waals surface area contributed by atoms with E-state index in [0.717, 1.165) is 24.3 Å². The van der Waals surface area contributed by atoms with E-state index in [1.165, 1.54) is 12.1 Å². The Morgan fingerprint density at radius 3 is 2.48 bits per heavy atom. The molecule has 1 N–H and O–H groups in total. The van der Waals surface area contributed by atoms with Crippen molar-refractivity contribution in [3.05, 3.63) is 54.1 Å². The molecule has 3 nitrogen and oxygen atoms in total. The molecule has 1 aliphatic rings. The van der Waals surface area contributed by atoms with Crippen LogP contribution in [0.2, 0.25) is 0 Å². The second-order valence-corrected chi connectivity index (χ2v) is 6.21. The minimum absolute atomic E-state index is 0.417. The van der Waals surface area contributed by atoms with Gasteiger partial charge >= 0.3 is 0 Å². The highest BCUT2D eigenvalue weighted by molar-refractivity contribution is 5.43. The van der Waals surface area contributed by atoms with Crippen LogP contribution in [-0.2, 0) is 9.53 Å². The van der Waals surface area contributed by atoms with Crippen LogP contribution in [0.1, 0.15) is 40.0 Å². The quantitative estimate of drug-likeness (QED) is 0.722. The van der Waals surface area contributed by atoms with Crippen molar-refractivity contribution in [1.29, 1.82) is 0 Å². The molecule has 126 valence electrons. The molecule has 0 saturated heterocycles. The largest absolute Gasteiger partial charge is 0.463 e. The van der Waals surface area contributed by atoms with Crippen LogP contribution in [0, 0.1) is 5.92 Å². The van der Waals surface area contributed by atoms with Gasteiger partial charge in [0.05, 0.1) is 0 Å². The minimum Gasteiger partial charge on any atom is -0.463 e. The average Bonchev–Trinajstić information content (AvgIpc) is 2.54. The Bertz CT molecular complexity index is 492. The molecule has 0 heterocycles. The molecule has 0 amide bonds. The molecule has 0 bridgehead atoms. The van der Waals surface area contributed by atoms with E-state index >= 15 is 0 Å². The van der Waals surface area contributed by atoms with Crippen molar-refractivity contribution in [2.75, 3.05) is 11.9 Å². The summed E-state index contributed by atoms with van der Waals surface area (Å²) in [6.45, 7) is 7.63. The fourth-order valence-electron chi connectivity index (χ4n) is 2.49. The van der Waals surface area contributed by atoms with Gasteiger partial charge in [-0.25, -0.2) is 0 Å². The van der Waals surface area contributed by atoms with E-state index in [-0.39, 0.29) is 0 Å². The molecule has 1 aliphatic carbocycles. The number of nitrogens with one attached hydrogen (secondary N) is 1. The SMILES string of the molecule is CC(C)CC(C)Nc1ccccc1.O=COCC1=CCCC=C1. The van der Waals surface area contributed by atoms with Gasteiger partial charge in [-0.3, -0.25) is 4.79 Å². The molecular formula is C20H29NO2. The third-order valence-corrected chi connectivity index (χ3v) is 3.40. The molecule has 0 spiro atoms. The predicted molar refractivity (Wildman–Crippen MR) is 97.5 cm³/mol. The van der Waals surface area contributed by atoms with E-state index in [9.17, 15) is 4.79 Å². The second-order valence-electron chi connectivity index (χ2n) is 6.21. The minimum atomic E-state index is 0.417. The molecule has 1 aromatic rings. The van der Waals surface area contributed by atoms with E-state index < -0.39 is 0 Å². The van der Waals surface area contributed by atoms with E-state index in [1.54, 1.807) is 0 Å².